The van der Waals surface area contributed by atoms with Crippen LogP contribution in [0, 0.1) is 11.3 Å². The second-order valence-electron chi connectivity index (χ2n) is 2.26. The summed E-state index contributed by atoms with van der Waals surface area (Å²) in [6.45, 7) is 2.18. The topological polar surface area (TPSA) is 45.5 Å². The van der Waals surface area contributed by atoms with Crippen LogP contribution in [0.15, 0.2) is 0 Å². The molecule has 0 aromatic carbocycles. The molecule has 1 unspecified atom stereocenters. The van der Waals surface area contributed by atoms with Crippen LogP contribution in [0.2, 0.25) is 0 Å². The third-order valence-electron chi connectivity index (χ3n) is 1.34. The van der Waals surface area contributed by atoms with Gasteiger partial charge in [-0.15, -0.1) is 0 Å². The Kier molecular flexibility index (Phi) is 3.20. The summed E-state index contributed by atoms with van der Waals surface area (Å²) in [4.78, 5) is 0. The molecule has 0 aromatic heterocycles. The zero-order valence-corrected chi connectivity index (χ0v) is 5.88. The van der Waals surface area contributed by atoms with E-state index >= 15 is 0 Å². The maximum atomic E-state index is 8.13. The molecule has 0 amide bonds. The van der Waals surface area contributed by atoms with E-state index in [2.05, 4.69) is 0 Å². The van der Waals surface area contributed by atoms with Gasteiger partial charge in [-0.3, -0.25) is 0 Å². The van der Waals surface area contributed by atoms with Gasteiger partial charge in [0.25, 0.3) is 0 Å². The Balaban J connectivity index is 1.73. The van der Waals surface area contributed by atoms with Crippen LogP contribution in [0.5, 0.6) is 0 Å². The number of hydrogen-bond donors (Lipinski definition) is 0. The Morgan fingerprint density at radius 2 is 2.40 bits per heavy atom. The molecule has 10 heavy (non-hydrogen) atoms. The third kappa shape index (κ3) is 3.44. The quantitative estimate of drug-likeness (QED) is 0.418. The fourth-order valence-corrected chi connectivity index (χ4v) is 0.669. The average Bonchev–Trinajstić information content (AvgIpc) is 2.71. The Hall–Kier alpha value is -0.590. The summed E-state index contributed by atoms with van der Waals surface area (Å²) in [6.07, 6.45) is 1.92. The SMILES string of the molecule is N#CCCOCCC1CO1. The summed E-state index contributed by atoms with van der Waals surface area (Å²) in [5.74, 6) is 0. The van der Waals surface area contributed by atoms with Gasteiger partial charge in [-0.2, -0.15) is 5.26 Å². The summed E-state index contributed by atoms with van der Waals surface area (Å²) < 4.78 is 10.1. The van der Waals surface area contributed by atoms with E-state index < -0.39 is 0 Å². The highest BCUT2D eigenvalue weighted by atomic mass is 16.6. The van der Waals surface area contributed by atoms with E-state index in [0.717, 1.165) is 19.6 Å². The van der Waals surface area contributed by atoms with Crippen molar-refractivity contribution in [2.24, 2.45) is 0 Å². The normalized spacial score (nSPS) is 22.1. The first-order valence-electron chi connectivity index (χ1n) is 3.50. The number of ether oxygens (including phenoxy) is 2. The highest BCUT2D eigenvalue weighted by Crippen LogP contribution is 2.12. The maximum Gasteiger partial charge on any atom is 0.0831 e. The zero-order valence-electron chi connectivity index (χ0n) is 5.88. The van der Waals surface area contributed by atoms with E-state index in [1.54, 1.807) is 0 Å². The van der Waals surface area contributed by atoms with Crippen molar-refractivity contribution in [3.05, 3.63) is 0 Å². The molecule has 0 saturated carbocycles. The second-order valence-corrected chi connectivity index (χ2v) is 2.26. The molecule has 0 N–H and O–H groups in total. The molecule has 0 radical (unpaired) electrons. The molecular weight excluding hydrogens is 130 g/mol. The van der Waals surface area contributed by atoms with Gasteiger partial charge in [0.1, 0.15) is 0 Å². The number of epoxide rings is 1. The molecule has 1 fully saturated rings. The Bertz CT molecular complexity index is 126. The van der Waals surface area contributed by atoms with Crippen LogP contribution >= 0.6 is 0 Å². The van der Waals surface area contributed by atoms with E-state index in [1.807, 2.05) is 6.07 Å². The summed E-state index contributed by atoms with van der Waals surface area (Å²) in [5.41, 5.74) is 0. The van der Waals surface area contributed by atoms with Crippen LogP contribution in [-0.4, -0.2) is 25.9 Å². The molecule has 1 heterocycles. The standard InChI is InChI=1S/C7H11NO2/c8-3-1-4-9-5-2-7-6-10-7/h7H,1-2,4-6H2. The molecule has 3 nitrogen and oxygen atoms in total. The van der Waals surface area contributed by atoms with Crippen LogP contribution < -0.4 is 0 Å². The highest BCUT2D eigenvalue weighted by molar-refractivity contribution is 4.69. The molecule has 0 aromatic rings. The Morgan fingerprint density at radius 1 is 1.60 bits per heavy atom. The summed E-state index contributed by atoms with van der Waals surface area (Å²) in [6, 6.07) is 2.02. The molecule has 1 saturated heterocycles. The number of nitriles is 1. The number of hydrogen-bond acceptors (Lipinski definition) is 3. The van der Waals surface area contributed by atoms with Gasteiger partial charge >= 0.3 is 0 Å². The van der Waals surface area contributed by atoms with Gasteiger partial charge in [-0.05, 0) is 6.42 Å². The maximum absolute atomic E-state index is 8.13. The van der Waals surface area contributed by atoms with Crippen molar-refractivity contribution in [2.75, 3.05) is 19.8 Å². The monoisotopic (exact) mass is 141 g/mol. The van der Waals surface area contributed by atoms with Crippen molar-refractivity contribution >= 4 is 0 Å². The molecule has 0 spiro atoms. The minimum atomic E-state index is 0.446. The zero-order chi connectivity index (χ0) is 7.23. The lowest BCUT2D eigenvalue weighted by atomic mass is 10.3. The number of rotatable bonds is 5. The van der Waals surface area contributed by atoms with E-state index in [9.17, 15) is 0 Å². The molecule has 1 atom stereocenters. The number of nitrogens with zero attached hydrogens (tertiary/aromatic N) is 1. The summed E-state index contributed by atoms with van der Waals surface area (Å²) in [7, 11) is 0. The van der Waals surface area contributed by atoms with Crippen molar-refractivity contribution in [1.82, 2.24) is 0 Å². The van der Waals surface area contributed by atoms with Gasteiger partial charge in [-0.1, -0.05) is 0 Å². The van der Waals surface area contributed by atoms with Gasteiger partial charge < -0.3 is 9.47 Å². The molecule has 0 bridgehead atoms. The largest absolute Gasteiger partial charge is 0.380 e. The molecule has 56 valence electrons. The van der Waals surface area contributed by atoms with Gasteiger partial charge in [-0.25, -0.2) is 0 Å². The molecular formula is C7H11NO2. The van der Waals surface area contributed by atoms with Gasteiger partial charge in [0.15, 0.2) is 0 Å². The molecule has 1 rings (SSSR count). The molecule has 1 aliphatic rings. The van der Waals surface area contributed by atoms with Crippen LogP contribution in [0.25, 0.3) is 0 Å². The minimum absolute atomic E-state index is 0.446. The van der Waals surface area contributed by atoms with Crippen molar-refractivity contribution in [3.8, 4) is 6.07 Å². The molecule has 0 aliphatic carbocycles. The van der Waals surface area contributed by atoms with Crippen LogP contribution in [0.1, 0.15) is 12.8 Å². The molecule has 3 heteroatoms. The molecule has 1 aliphatic heterocycles. The van der Waals surface area contributed by atoms with Gasteiger partial charge in [0.2, 0.25) is 0 Å². The van der Waals surface area contributed by atoms with Crippen molar-refractivity contribution in [3.63, 3.8) is 0 Å². The first-order valence-corrected chi connectivity index (χ1v) is 3.50. The van der Waals surface area contributed by atoms with Gasteiger partial charge in [0, 0.05) is 6.61 Å². The summed E-state index contributed by atoms with van der Waals surface area (Å²) >= 11 is 0. The first-order chi connectivity index (χ1) is 4.93. The van der Waals surface area contributed by atoms with Crippen molar-refractivity contribution < 1.29 is 9.47 Å². The minimum Gasteiger partial charge on any atom is -0.380 e. The average molecular weight is 141 g/mol. The van der Waals surface area contributed by atoms with E-state index in [4.69, 9.17) is 14.7 Å². The lowest BCUT2D eigenvalue weighted by molar-refractivity contribution is 0.131. The Morgan fingerprint density at radius 3 is 3.00 bits per heavy atom. The van der Waals surface area contributed by atoms with E-state index in [-0.39, 0.29) is 0 Å². The van der Waals surface area contributed by atoms with Crippen LogP contribution in [0.3, 0.4) is 0 Å². The van der Waals surface area contributed by atoms with E-state index in [1.165, 1.54) is 0 Å². The Labute approximate surface area is 60.5 Å². The highest BCUT2D eigenvalue weighted by Gasteiger charge is 2.21. The summed E-state index contributed by atoms with van der Waals surface area (Å²) in [5, 5.41) is 8.13. The lowest BCUT2D eigenvalue weighted by Crippen LogP contribution is -1.99. The second kappa shape index (κ2) is 4.26. The van der Waals surface area contributed by atoms with Crippen LogP contribution in [-0.2, 0) is 9.47 Å². The van der Waals surface area contributed by atoms with Crippen LogP contribution in [0.4, 0.5) is 0 Å². The first kappa shape index (κ1) is 7.52. The predicted molar refractivity (Wildman–Crippen MR) is 35.4 cm³/mol. The smallest absolute Gasteiger partial charge is 0.0831 e. The fraction of sp³-hybridized carbons (Fsp3) is 0.857. The van der Waals surface area contributed by atoms with E-state index in [0.29, 0.717) is 19.1 Å². The lowest BCUT2D eigenvalue weighted by Gasteiger charge is -1.96. The van der Waals surface area contributed by atoms with Crippen molar-refractivity contribution in [2.45, 2.75) is 18.9 Å². The van der Waals surface area contributed by atoms with Crippen molar-refractivity contribution in [1.29, 1.82) is 5.26 Å². The third-order valence-corrected chi connectivity index (χ3v) is 1.34. The van der Waals surface area contributed by atoms with Gasteiger partial charge in [0.05, 0.1) is 31.8 Å². The fourth-order valence-electron chi connectivity index (χ4n) is 0.669. The predicted octanol–water partition coefficient (Wildman–Crippen LogP) is 0.706.